The van der Waals surface area contributed by atoms with Gasteiger partial charge in [0, 0.05) is 19.3 Å². The van der Waals surface area contributed by atoms with Gasteiger partial charge in [0.15, 0.2) is 0 Å². The molecule has 1 aromatic rings. The molecular weight excluding hydrogens is 270 g/mol. The predicted molar refractivity (Wildman–Crippen MR) is 84.4 cm³/mol. The van der Waals surface area contributed by atoms with Gasteiger partial charge in [0.1, 0.15) is 10.8 Å². The second-order valence-corrected chi connectivity index (χ2v) is 6.10. The molecular formula is C15H21N3OS. The van der Waals surface area contributed by atoms with Gasteiger partial charge >= 0.3 is 0 Å². The van der Waals surface area contributed by atoms with Crippen molar-refractivity contribution in [2.24, 2.45) is 5.73 Å². The van der Waals surface area contributed by atoms with Crippen LogP contribution in [-0.4, -0.2) is 36.3 Å². The van der Waals surface area contributed by atoms with Crippen molar-refractivity contribution in [3.8, 4) is 0 Å². The number of hydrogen-bond donors (Lipinski definition) is 1. The summed E-state index contributed by atoms with van der Waals surface area (Å²) in [6.45, 7) is 1.58. The minimum atomic E-state index is 0.372. The first kappa shape index (κ1) is 13.8. The summed E-state index contributed by atoms with van der Waals surface area (Å²) in [6.07, 6.45) is 5.65. The summed E-state index contributed by atoms with van der Waals surface area (Å²) in [7, 11) is 2.07. The van der Waals surface area contributed by atoms with Gasteiger partial charge in [-0.25, -0.2) is 4.98 Å². The number of likely N-dealkylation sites (N-methyl/N-ethyl adjacent to an activating group) is 1. The summed E-state index contributed by atoms with van der Waals surface area (Å²) in [5, 5.41) is 0. The fraction of sp³-hybridized carbons (Fsp3) is 0.600. The normalized spacial score (nSPS) is 21.6. The van der Waals surface area contributed by atoms with Crippen molar-refractivity contribution < 1.29 is 4.74 Å². The van der Waals surface area contributed by atoms with Crippen molar-refractivity contribution in [1.29, 1.82) is 0 Å². The molecule has 2 aliphatic rings. The van der Waals surface area contributed by atoms with Crippen LogP contribution >= 0.6 is 12.2 Å². The number of fused-ring (bicyclic) bond motifs is 1. The van der Waals surface area contributed by atoms with Gasteiger partial charge in [-0.2, -0.15) is 0 Å². The zero-order valence-electron chi connectivity index (χ0n) is 11.9. The predicted octanol–water partition coefficient (Wildman–Crippen LogP) is 1.82. The third kappa shape index (κ3) is 2.52. The van der Waals surface area contributed by atoms with Gasteiger partial charge in [-0.15, -0.1) is 0 Å². The topological polar surface area (TPSA) is 51.4 Å². The summed E-state index contributed by atoms with van der Waals surface area (Å²) in [6, 6.07) is 2.53. The zero-order valence-corrected chi connectivity index (χ0v) is 12.7. The maximum absolute atomic E-state index is 5.92. The molecule has 108 valence electrons. The van der Waals surface area contributed by atoms with Crippen LogP contribution in [0, 0.1) is 0 Å². The van der Waals surface area contributed by atoms with Gasteiger partial charge in [-0.3, -0.25) is 0 Å². The number of nitrogens with two attached hydrogens (primary N) is 1. The van der Waals surface area contributed by atoms with Gasteiger partial charge in [-0.05, 0) is 43.7 Å². The molecule has 1 aromatic heterocycles. The van der Waals surface area contributed by atoms with Crippen LogP contribution < -0.4 is 10.6 Å². The van der Waals surface area contributed by atoms with Crippen molar-refractivity contribution in [3.05, 3.63) is 22.9 Å². The minimum absolute atomic E-state index is 0.372. The van der Waals surface area contributed by atoms with Crippen LogP contribution in [0.1, 0.15) is 36.1 Å². The maximum Gasteiger partial charge on any atom is 0.139 e. The van der Waals surface area contributed by atoms with Crippen LogP contribution in [0.5, 0.6) is 0 Å². The van der Waals surface area contributed by atoms with E-state index in [1.165, 1.54) is 24.1 Å². The molecule has 0 saturated carbocycles. The number of anilines is 1. The van der Waals surface area contributed by atoms with Gasteiger partial charge in [-0.1, -0.05) is 12.2 Å². The van der Waals surface area contributed by atoms with Crippen LogP contribution in [0.3, 0.4) is 0 Å². The van der Waals surface area contributed by atoms with Crippen LogP contribution in [0.4, 0.5) is 5.82 Å². The van der Waals surface area contributed by atoms with Gasteiger partial charge in [0.25, 0.3) is 0 Å². The lowest BCUT2D eigenvalue weighted by atomic mass is 9.94. The second kappa shape index (κ2) is 5.66. The average Bonchev–Trinajstić information content (AvgIpc) is 2.99. The highest BCUT2D eigenvalue weighted by atomic mass is 32.1. The van der Waals surface area contributed by atoms with E-state index in [0.29, 0.717) is 11.0 Å². The number of ether oxygens (including phenoxy) is 1. The van der Waals surface area contributed by atoms with E-state index in [0.717, 1.165) is 43.9 Å². The highest BCUT2D eigenvalue weighted by Gasteiger charge is 2.25. The Balaban J connectivity index is 2.00. The fourth-order valence-electron chi connectivity index (χ4n) is 3.07. The highest BCUT2D eigenvalue weighted by Crippen LogP contribution is 2.28. The Labute approximate surface area is 125 Å². The molecule has 3 rings (SSSR count). The van der Waals surface area contributed by atoms with E-state index < -0.39 is 0 Å². The first-order chi connectivity index (χ1) is 9.66. The lowest BCUT2D eigenvalue weighted by molar-refractivity contribution is 0.193. The quantitative estimate of drug-likeness (QED) is 0.861. The van der Waals surface area contributed by atoms with E-state index in [1.807, 2.05) is 0 Å². The summed E-state index contributed by atoms with van der Waals surface area (Å²) < 4.78 is 5.48. The third-order valence-corrected chi connectivity index (χ3v) is 4.55. The van der Waals surface area contributed by atoms with Crippen molar-refractivity contribution in [2.75, 3.05) is 25.2 Å². The van der Waals surface area contributed by atoms with Crippen LogP contribution in [0.15, 0.2) is 6.07 Å². The SMILES string of the molecule is CN(c1nc2c(cc1C(N)=S)CCCC2)C1CCOC1. The molecule has 0 spiro atoms. The molecule has 20 heavy (non-hydrogen) atoms. The van der Waals surface area contributed by atoms with Crippen molar-refractivity contribution >= 4 is 23.0 Å². The minimum Gasteiger partial charge on any atom is -0.389 e. The maximum atomic E-state index is 5.92. The summed E-state index contributed by atoms with van der Waals surface area (Å²) in [5.41, 5.74) is 9.37. The van der Waals surface area contributed by atoms with E-state index in [-0.39, 0.29) is 0 Å². The van der Waals surface area contributed by atoms with Crippen molar-refractivity contribution in [3.63, 3.8) is 0 Å². The Kier molecular flexibility index (Phi) is 3.89. The molecule has 2 N–H and O–H groups in total. The zero-order chi connectivity index (χ0) is 14.1. The molecule has 1 atom stereocenters. The highest BCUT2D eigenvalue weighted by molar-refractivity contribution is 7.80. The monoisotopic (exact) mass is 291 g/mol. The molecule has 4 nitrogen and oxygen atoms in total. The molecule has 1 aliphatic heterocycles. The molecule has 2 heterocycles. The molecule has 1 saturated heterocycles. The number of thiocarbonyl (C=S) groups is 1. The van der Waals surface area contributed by atoms with Crippen molar-refractivity contribution in [2.45, 2.75) is 38.1 Å². The number of hydrogen-bond acceptors (Lipinski definition) is 4. The number of aromatic nitrogens is 1. The molecule has 0 amide bonds. The fourth-order valence-corrected chi connectivity index (χ4v) is 3.22. The lowest BCUT2D eigenvalue weighted by Gasteiger charge is -2.28. The number of aryl methyl sites for hydroxylation is 2. The number of pyridine rings is 1. The summed E-state index contributed by atoms with van der Waals surface area (Å²) >= 11 is 5.23. The smallest absolute Gasteiger partial charge is 0.139 e. The Morgan fingerprint density at radius 1 is 1.45 bits per heavy atom. The second-order valence-electron chi connectivity index (χ2n) is 5.67. The Bertz CT molecular complexity index is 526. The van der Waals surface area contributed by atoms with Gasteiger partial charge in [0.2, 0.25) is 0 Å². The largest absolute Gasteiger partial charge is 0.389 e. The van der Waals surface area contributed by atoms with Gasteiger partial charge < -0.3 is 15.4 Å². The Hall–Kier alpha value is -1.20. The van der Waals surface area contributed by atoms with Crippen molar-refractivity contribution in [1.82, 2.24) is 4.98 Å². The van der Waals surface area contributed by atoms with Gasteiger partial charge in [0.05, 0.1) is 18.2 Å². The van der Waals surface area contributed by atoms with E-state index >= 15 is 0 Å². The molecule has 0 bridgehead atoms. The summed E-state index contributed by atoms with van der Waals surface area (Å²) in [5.74, 6) is 0.925. The van der Waals surface area contributed by atoms with E-state index in [4.69, 9.17) is 27.7 Å². The standard InChI is InChI=1S/C15H21N3OS/c1-18(11-6-7-19-9-11)15-12(14(16)20)8-10-4-2-3-5-13(10)17-15/h8,11H,2-7,9H2,1H3,(H2,16,20). The van der Waals surface area contributed by atoms with E-state index in [9.17, 15) is 0 Å². The first-order valence-corrected chi connectivity index (χ1v) is 7.71. The number of rotatable bonds is 3. The first-order valence-electron chi connectivity index (χ1n) is 7.30. The third-order valence-electron chi connectivity index (χ3n) is 4.33. The lowest BCUT2D eigenvalue weighted by Crippen LogP contribution is -2.34. The Morgan fingerprint density at radius 3 is 2.95 bits per heavy atom. The summed E-state index contributed by atoms with van der Waals surface area (Å²) in [4.78, 5) is 7.51. The molecule has 1 unspecified atom stereocenters. The number of nitrogens with zero attached hydrogens (tertiary/aromatic N) is 2. The van der Waals surface area contributed by atoms with Crippen LogP contribution in [-0.2, 0) is 17.6 Å². The van der Waals surface area contributed by atoms with Crippen LogP contribution in [0.2, 0.25) is 0 Å². The molecule has 1 aliphatic carbocycles. The Morgan fingerprint density at radius 2 is 2.25 bits per heavy atom. The van der Waals surface area contributed by atoms with Crippen LogP contribution in [0.25, 0.3) is 0 Å². The molecule has 0 aromatic carbocycles. The van der Waals surface area contributed by atoms with E-state index in [1.54, 1.807) is 0 Å². The average molecular weight is 291 g/mol. The molecule has 1 fully saturated rings. The molecule has 0 radical (unpaired) electrons. The molecule has 5 heteroatoms. The van der Waals surface area contributed by atoms with E-state index in [2.05, 4.69) is 18.0 Å².